The third-order valence-electron chi connectivity index (χ3n) is 11.7. The standard InChI is InChI=1S/C44H52O4/c1-3-5-7-11-29-17-21-31(22-18-29)47-43(45)39-27-25-37-34-14-10-16-36-40(28-26-38(42(34)36)33-13-9-15-35(39)41(33)37)44(46)48-32-23-19-30(20-24-32)12-8-6-4-2/h9-10,13-16,25-32H,3-8,11-12,17-24H2,1-2H3. The molecule has 2 saturated carbocycles. The van der Waals surface area contributed by atoms with Gasteiger partial charge in [0.1, 0.15) is 12.2 Å². The van der Waals surface area contributed by atoms with Gasteiger partial charge in [-0.15, -0.1) is 0 Å². The summed E-state index contributed by atoms with van der Waals surface area (Å²) in [5.41, 5.74) is 1.27. The number of rotatable bonds is 12. The van der Waals surface area contributed by atoms with Crippen molar-refractivity contribution < 1.29 is 19.1 Å². The van der Waals surface area contributed by atoms with Crippen molar-refractivity contribution in [3.05, 3.63) is 71.8 Å². The fraction of sp³-hybridized carbons (Fsp3) is 0.500. The lowest BCUT2D eigenvalue weighted by Gasteiger charge is -2.28. The molecule has 2 fully saturated rings. The lowest BCUT2D eigenvalue weighted by atomic mass is 9.84. The first-order valence-corrected chi connectivity index (χ1v) is 19.1. The topological polar surface area (TPSA) is 52.6 Å². The second-order valence-corrected chi connectivity index (χ2v) is 14.9. The van der Waals surface area contributed by atoms with Crippen LogP contribution in [0.2, 0.25) is 0 Å². The molecule has 0 bridgehead atoms. The van der Waals surface area contributed by atoms with E-state index in [4.69, 9.17) is 9.47 Å². The highest BCUT2D eigenvalue weighted by Gasteiger charge is 2.27. The molecular weight excluding hydrogens is 592 g/mol. The minimum Gasteiger partial charge on any atom is -0.459 e. The summed E-state index contributed by atoms with van der Waals surface area (Å²) in [6.07, 6.45) is 18.9. The van der Waals surface area contributed by atoms with E-state index in [0.717, 1.165) is 106 Å². The summed E-state index contributed by atoms with van der Waals surface area (Å²) in [5, 5.41) is 8.39. The molecule has 4 heteroatoms. The number of ether oxygens (including phenoxy) is 2. The molecule has 0 radical (unpaired) electrons. The van der Waals surface area contributed by atoms with Gasteiger partial charge in [0, 0.05) is 0 Å². The molecule has 0 atom stereocenters. The minimum atomic E-state index is -0.217. The molecule has 0 saturated heterocycles. The van der Waals surface area contributed by atoms with Gasteiger partial charge in [-0.05, 0) is 118 Å². The smallest absolute Gasteiger partial charge is 0.339 e. The van der Waals surface area contributed by atoms with Crippen molar-refractivity contribution in [2.75, 3.05) is 0 Å². The van der Waals surface area contributed by atoms with Crippen LogP contribution in [0.15, 0.2) is 60.7 Å². The molecular formula is C44H52O4. The molecule has 0 unspecified atom stereocenters. The number of esters is 2. The number of carbonyl (C=O) groups excluding carboxylic acids is 2. The van der Waals surface area contributed by atoms with E-state index < -0.39 is 0 Å². The summed E-state index contributed by atoms with van der Waals surface area (Å²) in [4.78, 5) is 27.3. The molecule has 7 rings (SSSR count). The monoisotopic (exact) mass is 644 g/mol. The van der Waals surface area contributed by atoms with Crippen LogP contribution in [0.5, 0.6) is 0 Å². The lowest BCUT2D eigenvalue weighted by molar-refractivity contribution is 0.0154. The molecule has 5 aromatic carbocycles. The third kappa shape index (κ3) is 6.65. The molecule has 0 spiro atoms. The van der Waals surface area contributed by atoms with Crippen LogP contribution in [0.3, 0.4) is 0 Å². The molecule has 2 aliphatic carbocycles. The zero-order valence-electron chi connectivity index (χ0n) is 29.0. The minimum absolute atomic E-state index is 0.000718. The number of fused-ring (bicyclic) bond motifs is 2. The first-order valence-electron chi connectivity index (χ1n) is 19.1. The molecule has 0 heterocycles. The molecule has 5 aromatic rings. The summed E-state index contributed by atoms with van der Waals surface area (Å²) in [5.74, 6) is 1.12. The van der Waals surface area contributed by atoms with Crippen LogP contribution in [-0.4, -0.2) is 24.1 Å². The number of benzene rings is 5. The van der Waals surface area contributed by atoms with Gasteiger partial charge >= 0.3 is 11.9 Å². The van der Waals surface area contributed by atoms with Gasteiger partial charge in [-0.2, -0.15) is 0 Å². The fourth-order valence-corrected chi connectivity index (χ4v) is 8.94. The summed E-state index contributed by atoms with van der Waals surface area (Å²) >= 11 is 0. The Morgan fingerprint density at radius 2 is 0.875 bits per heavy atom. The van der Waals surface area contributed by atoms with Crippen molar-refractivity contribution in [1.82, 2.24) is 0 Å². The van der Waals surface area contributed by atoms with Crippen LogP contribution < -0.4 is 0 Å². The predicted molar refractivity (Wildman–Crippen MR) is 198 cm³/mol. The second kappa shape index (κ2) is 14.8. The number of hydrogen-bond acceptors (Lipinski definition) is 4. The Bertz CT molecular complexity index is 1710. The van der Waals surface area contributed by atoms with Crippen molar-refractivity contribution in [2.24, 2.45) is 11.8 Å². The highest BCUT2D eigenvalue weighted by molar-refractivity contribution is 6.35. The molecule has 2 aliphatic rings. The van der Waals surface area contributed by atoms with Crippen LogP contribution in [0, 0.1) is 11.8 Å². The van der Waals surface area contributed by atoms with Crippen LogP contribution in [0.1, 0.15) is 137 Å². The van der Waals surface area contributed by atoms with Crippen molar-refractivity contribution >= 4 is 55.0 Å². The molecule has 252 valence electrons. The van der Waals surface area contributed by atoms with Crippen molar-refractivity contribution in [1.29, 1.82) is 0 Å². The Balaban J connectivity index is 1.13. The molecule has 0 N–H and O–H groups in total. The maximum Gasteiger partial charge on any atom is 0.339 e. The highest BCUT2D eigenvalue weighted by atomic mass is 16.5. The van der Waals surface area contributed by atoms with E-state index in [2.05, 4.69) is 50.2 Å². The van der Waals surface area contributed by atoms with Crippen LogP contribution in [0.25, 0.3) is 43.1 Å². The van der Waals surface area contributed by atoms with Gasteiger partial charge in [0.05, 0.1) is 11.1 Å². The zero-order valence-corrected chi connectivity index (χ0v) is 29.0. The number of carbonyl (C=O) groups is 2. The Morgan fingerprint density at radius 1 is 0.500 bits per heavy atom. The molecule has 4 nitrogen and oxygen atoms in total. The number of unbranched alkanes of at least 4 members (excludes halogenated alkanes) is 4. The fourth-order valence-electron chi connectivity index (χ4n) is 8.94. The Morgan fingerprint density at radius 3 is 1.27 bits per heavy atom. The first-order chi connectivity index (χ1) is 23.6. The molecule has 0 amide bonds. The Kier molecular flexibility index (Phi) is 10.2. The third-order valence-corrected chi connectivity index (χ3v) is 11.7. The normalized spacial score (nSPS) is 21.7. The van der Waals surface area contributed by atoms with E-state index in [0.29, 0.717) is 11.1 Å². The van der Waals surface area contributed by atoms with Crippen molar-refractivity contribution in [2.45, 2.75) is 129 Å². The van der Waals surface area contributed by atoms with Gasteiger partial charge in [0.25, 0.3) is 0 Å². The van der Waals surface area contributed by atoms with Gasteiger partial charge in [-0.1, -0.05) is 114 Å². The largest absolute Gasteiger partial charge is 0.459 e. The maximum absolute atomic E-state index is 13.7. The average molecular weight is 645 g/mol. The quantitative estimate of drug-likeness (QED) is 0.0587. The summed E-state index contributed by atoms with van der Waals surface area (Å²) in [6, 6.07) is 20.5. The zero-order chi connectivity index (χ0) is 33.0. The van der Waals surface area contributed by atoms with Crippen LogP contribution in [0.4, 0.5) is 0 Å². The van der Waals surface area contributed by atoms with E-state index >= 15 is 0 Å². The molecule has 0 aliphatic heterocycles. The van der Waals surface area contributed by atoms with Gasteiger partial charge in [-0.25, -0.2) is 9.59 Å². The van der Waals surface area contributed by atoms with E-state index in [1.807, 2.05) is 24.3 Å². The Labute approximate surface area is 285 Å². The van der Waals surface area contributed by atoms with Gasteiger partial charge in [0.15, 0.2) is 0 Å². The van der Waals surface area contributed by atoms with Crippen LogP contribution >= 0.6 is 0 Å². The van der Waals surface area contributed by atoms with Crippen molar-refractivity contribution in [3.63, 3.8) is 0 Å². The maximum atomic E-state index is 13.7. The highest BCUT2D eigenvalue weighted by Crippen LogP contribution is 2.42. The number of hydrogen-bond donors (Lipinski definition) is 0. The second-order valence-electron chi connectivity index (χ2n) is 14.9. The lowest BCUT2D eigenvalue weighted by Crippen LogP contribution is -2.24. The van der Waals surface area contributed by atoms with Crippen LogP contribution in [-0.2, 0) is 9.47 Å². The Hall–Kier alpha value is -3.66. The van der Waals surface area contributed by atoms with E-state index in [9.17, 15) is 9.59 Å². The molecule has 0 aromatic heterocycles. The molecule has 48 heavy (non-hydrogen) atoms. The van der Waals surface area contributed by atoms with E-state index in [1.165, 1.54) is 51.4 Å². The van der Waals surface area contributed by atoms with Gasteiger partial charge in [0.2, 0.25) is 0 Å². The summed E-state index contributed by atoms with van der Waals surface area (Å²) < 4.78 is 12.3. The van der Waals surface area contributed by atoms with E-state index in [1.54, 1.807) is 0 Å². The average Bonchev–Trinajstić information content (AvgIpc) is 3.11. The summed E-state index contributed by atoms with van der Waals surface area (Å²) in [7, 11) is 0. The SMILES string of the molecule is CCCCCC1CCC(OC(=O)c2ccc3c4cccc5c(C(=O)OC6CCC(CCCCC)CC6)ccc(c6cccc2c63)c54)CC1. The van der Waals surface area contributed by atoms with Gasteiger partial charge < -0.3 is 9.47 Å². The predicted octanol–water partition coefficient (Wildman–Crippen LogP) is 12.3. The first kappa shape index (κ1) is 32.9. The van der Waals surface area contributed by atoms with E-state index in [-0.39, 0.29) is 24.1 Å². The van der Waals surface area contributed by atoms with Crippen molar-refractivity contribution in [3.8, 4) is 0 Å². The summed E-state index contributed by atoms with van der Waals surface area (Å²) in [6.45, 7) is 4.51. The van der Waals surface area contributed by atoms with Gasteiger partial charge in [-0.3, -0.25) is 0 Å².